The third-order valence-electron chi connectivity index (χ3n) is 2.04. The molecule has 0 unspecified atom stereocenters. The number of hydrogen-bond donors (Lipinski definition) is 0. The maximum atomic E-state index is 5.83. The predicted molar refractivity (Wildman–Crippen MR) is 67.8 cm³/mol. The van der Waals surface area contributed by atoms with Gasteiger partial charge in [-0.3, -0.25) is 4.99 Å². The monoisotopic (exact) mass is 235 g/mol. The van der Waals surface area contributed by atoms with Gasteiger partial charge in [-0.25, -0.2) is 0 Å². The smallest absolute Gasteiger partial charge is 0.0935 e. The van der Waals surface area contributed by atoms with Crippen LogP contribution in [0.25, 0.3) is 0 Å². The van der Waals surface area contributed by atoms with Crippen molar-refractivity contribution < 1.29 is 0 Å². The molecule has 1 heterocycles. The lowest BCUT2D eigenvalue weighted by molar-refractivity contribution is 1.41. The molecule has 1 aromatic heterocycles. The van der Waals surface area contributed by atoms with Gasteiger partial charge in [0.1, 0.15) is 0 Å². The van der Waals surface area contributed by atoms with E-state index in [2.05, 4.69) is 4.99 Å². The molecule has 0 amide bonds. The Morgan fingerprint density at radius 1 is 1.20 bits per heavy atom. The summed E-state index contributed by atoms with van der Waals surface area (Å²) in [7, 11) is 0. The van der Waals surface area contributed by atoms with Crippen LogP contribution in [0.5, 0.6) is 0 Å². The number of hydrogen-bond acceptors (Lipinski definition) is 2. The Morgan fingerprint density at radius 2 is 2.00 bits per heavy atom. The number of para-hydroxylation sites is 1. The summed E-state index contributed by atoms with van der Waals surface area (Å²) in [5, 5.41) is 0. The van der Waals surface area contributed by atoms with Gasteiger partial charge in [0.05, 0.1) is 10.0 Å². The highest BCUT2D eigenvalue weighted by atomic mass is 35.5. The lowest BCUT2D eigenvalue weighted by Gasteiger charge is -1.96. The zero-order chi connectivity index (χ0) is 10.7. The van der Waals surface area contributed by atoms with Crippen molar-refractivity contribution in [3.63, 3.8) is 0 Å². The quantitative estimate of drug-likeness (QED) is 0.682. The largest absolute Gasteiger partial charge is 0.255 e. The molecule has 0 bridgehead atoms. The molecule has 0 fully saturated rings. The lowest BCUT2D eigenvalue weighted by atomic mass is 10.2. The van der Waals surface area contributed by atoms with Crippen LogP contribution in [0.3, 0.4) is 0 Å². The molecule has 1 nitrogen and oxygen atoms in total. The number of thiophene rings is 1. The van der Waals surface area contributed by atoms with Crippen LogP contribution in [0.4, 0.5) is 5.69 Å². The highest BCUT2D eigenvalue weighted by molar-refractivity contribution is 7.17. The summed E-state index contributed by atoms with van der Waals surface area (Å²) in [5.74, 6) is 0. The van der Waals surface area contributed by atoms with Crippen LogP contribution in [0.1, 0.15) is 10.4 Å². The Morgan fingerprint density at radius 3 is 2.67 bits per heavy atom. The number of aliphatic imine (C=N–C) groups is 1. The average molecular weight is 236 g/mol. The molecular formula is C12H10ClNS. The molecule has 0 atom stereocenters. The summed E-state index contributed by atoms with van der Waals surface area (Å²) in [4.78, 5) is 5.49. The summed E-state index contributed by atoms with van der Waals surface area (Å²) >= 11 is 7.36. The molecular weight excluding hydrogens is 226 g/mol. The Kier molecular flexibility index (Phi) is 3.19. The second kappa shape index (κ2) is 4.60. The minimum absolute atomic E-state index is 0.793. The molecule has 15 heavy (non-hydrogen) atoms. The maximum Gasteiger partial charge on any atom is 0.0935 e. The predicted octanol–water partition coefficient (Wildman–Crippen LogP) is 4.46. The third-order valence-corrected chi connectivity index (χ3v) is 3.21. The van der Waals surface area contributed by atoms with Gasteiger partial charge in [0, 0.05) is 11.1 Å². The fourth-order valence-corrected chi connectivity index (χ4v) is 2.17. The van der Waals surface area contributed by atoms with Gasteiger partial charge >= 0.3 is 0 Å². The lowest BCUT2D eigenvalue weighted by Crippen LogP contribution is -1.75. The van der Waals surface area contributed by atoms with Crippen molar-refractivity contribution in [2.45, 2.75) is 6.92 Å². The third kappa shape index (κ3) is 2.67. The summed E-state index contributed by atoms with van der Waals surface area (Å²) in [6, 6.07) is 11.9. The molecule has 0 N–H and O–H groups in total. The van der Waals surface area contributed by atoms with Crippen LogP contribution < -0.4 is 0 Å². The molecule has 0 saturated carbocycles. The van der Waals surface area contributed by atoms with Gasteiger partial charge in [-0.05, 0) is 30.7 Å². The Bertz CT molecular complexity index is 488. The van der Waals surface area contributed by atoms with Crippen LogP contribution in [0.15, 0.2) is 41.4 Å². The van der Waals surface area contributed by atoms with Gasteiger partial charge in [-0.2, -0.15) is 0 Å². The Labute approximate surface area is 98.1 Å². The molecule has 0 aliphatic carbocycles. The van der Waals surface area contributed by atoms with Crippen LogP contribution in [0.2, 0.25) is 4.34 Å². The van der Waals surface area contributed by atoms with Crippen LogP contribution >= 0.6 is 22.9 Å². The van der Waals surface area contributed by atoms with Crippen LogP contribution in [-0.2, 0) is 0 Å². The summed E-state index contributed by atoms with van der Waals surface area (Å²) in [5.41, 5.74) is 2.18. The molecule has 2 aromatic rings. The molecule has 0 radical (unpaired) electrons. The van der Waals surface area contributed by atoms with E-state index in [0.717, 1.165) is 14.9 Å². The number of benzene rings is 1. The van der Waals surface area contributed by atoms with Gasteiger partial charge in [0.15, 0.2) is 0 Å². The van der Waals surface area contributed by atoms with E-state index < -0.39 is 0 Å². The first kappa shape index (κ1) is 10.4. The highest BCUT2D eigenvalue weighted by Gasteiger charge is 1.95. The standard InChI is InChI=1S/C12H10ClNS/c1-9-4-2-3-5-11(9)14-8-10-6-7-12(13)15-10/h2-8H,1H3. The topological polar surface area (TPSA) is 12.4 Å². The van der Waals surface area contributed by atoms with Gasteiger partial charge in [-0.1, -0.05) is 29.8 Å². The van der Waals surface area contributed by atoms with Crippen LogP contribution in [0, 0.1) is 6.92 Å². The zero-order valence-corrected chi connectivity index (χ0v) is 9.85. The van der Waals surface area contributed by atoms with E-state index in [9.17, 15) is 0 Å². The first-order chi connectivity index (χ1) is 7.25. The number of rotatable bonds is 2. The van der Waals surface area contributed by atoms with E-state index in [1.54, 1.807) is 0 Å². The number of aryl methyl sites for hydroxylation is 1. The maximum absolute atomic E-state index is 5.83. The molecule has 0 aliphatic heterocycles. The fraction of sp³-hybridized carbons (Fsp3) is 0.0833. The van der Waals surface area contributed by atoms with Crippen molar-refractivity contribution in [1.29, 1.82) is 0 Å². The number of halogens is 1. The highest BCUT2D eigenvalue weighted by Crippen LogP contribution is 2.21. The van der Waals surface area contributed by atoms with Crippen molar-refractivity contribution in [3.05, 3.63) is 51.2 Å². The molecule has 2 rings (SSSR count). The molecule has 76 valence electrons. The molecule has 0 aliphatic rings. The number of nitrogens with zero attached hydrogens (tertiary/aromatic N) is 1. The minimum Gasteiger partial charge on any atom is -0.255 e. The van der Waals surface area contributed by atoms with E-state index in [0.29, 0.717) is 0 Å². The van der Waals surface area contributed by atoms with Gasteiger partial charge < -0.3 is 0 Å². The molecule has 0 spiro atoms. The van der Waals surface area contributed by atoms with Crippen molar-refractivity contribution >= 4 is 34.8 Å². The van der Waals surface area contributed by atoms with E-state index in [1.807, 2.05) is 49.5 Å². The van der Waals surface area contributed by atoms with E-state index in [1.165, 1.54) is 16.9 Å². The van der Waals surface area contributed by atoms with Gasteiger partial charge in [0.2, 0.25) is 0 Å². The van der Waals surface area contributed by atoms with E-state index in [-0.39, 0.29) is 0 Å². The molecule has 3 heteroatoms. The van der Waals surface area contributed by atoms with Crippen molar-refractivity contribution in [3.8, 4) is 0 Å². The Balaban J connectivity index is 2.22. The molecule has 0 saturated heterocycles. The zero-order valence-electron chi connectivity index (χ0n) is 8.27. The normalized spacial score (nSPS) is 11.1. The van der Waals surface area contributed by atoms with E-state index in [4.69, 9.17) is 11.6 Å². The first-order valence-electron chi connectivity index (χ1n) is 4.61. The van der Waals surface area contributed by atoms with E-state index >= 15 is 0 Å². The second-order valence-electron chi connectivity index (χ2n) is 3.19. The average Bonchev–Trinajstić information content (AvgIpc) is 2.63. The van der Waals surface area contributed by atoms with Crippen molar-refractivity contribution in [1.82, 2.24) is 0 Å². The first-order valence-corrected chi connectivity index (χ1v) is 5.80. The van der Waals surface area contributed by atoms with Crippen molar-refractivity contribution in [2.24, 2.45) is 4.99 Å². The Hall–Kier alpha value is -1.12. The van der Waals surface area contributed by atoms with Crippen LogP contribution in [-0.4, -0.2) is 6.21 Å². The minimum atomic E-state index is 0.793. The second-order valence-corrected chi connectivity index (χ2v) is 4.93. The summed E-state index contributed by atoms with van der Waals surface area (Å²) < 4.78 is 0.793. The SMILES string of the molecule is Cc1ccccc1N=Cc1ccc(Cl)s1. The summed E-state index contributed by atoms with van der Waals surface area (Å²) in [6.45, 7) is 2.05. The van der Waals surface area contributed by atoms with Crippen molar-refractivity contribution in [2.75, 3.05) is 0 Å². The molecule has 1 aromatic carbocycles. The van der Waals surface area contributed by atoms with Gasteiger partial charge in [0.25, 0.3) is 0 Å². The fourth-order valence-electron chi connectivity index (χ4n) is 1.24. The van der Waals surface area contributed by atoms with Gasteiger partial charge in [-0.15, -0.1) is 11.3 Å². The summed E-state index contributed by atoms with van der Waals surface area (Å²) in [6.07, 6.45) is 1.85.